The van der Waals surface area contributed by atoms with Crippen molar-refractivity contribution in [1.29, 1.82) is 0 Å². The van der Waals surface area contributed by atoms with Gasteiger partial charge in [0.15, 0.2) is 0 Å². The first-order chi connectivity index (χ1) is 13.9. The minimum absolute atomic E-state index is 0.154. The largest absolute Gasteiger partial charge is 0.491 e. The molecule has 0 fully saturated rings. The maximum atomic E-state index is 6.33. The molecule has 0 aromatic heterocycles. The van der Waals surface area contributed by atoms with Crippen LogP contribution in [0.5, 0.6) is 11.5 Å². The first-order valence-corrected chi connectivity index (χ1v) is 10.1. The molecule has 0 unspecified atom stereocenters. The Balaban J connectivity index is 1.69. The molecular weight excluding hydrogens is 384 g/mol. The number of benzene rings is 3. The van der Waals surface area contributed by atoms with Crippen LogP contribution in [0.15, 0.2) is 66.7 Å². The van der Waals surface area contributed by atoms with Gasteiger partial charge < -0.3 is 20.1 Å². The van der Waals surface area contributed by atoms with Crippen LogP contribution < -0.4 is 20.1 Å². The van der Waals surface area contributed by atoms with Crippen molar-refractivity contribution in [2.24, 2.45) is 0 Å². The number of anilines is 4. The highest BCUT2D eigenvalue weighted by molar-refractivity contribution is 6.31. The molecule has 4 nitrogen and oxygen atoms in total. The summed E-state index contributed by atoms with van der Waals surface area (Å²) in [5.41, 5.74) is 3.73. The quantitative estimate of drug-likeness (QED) is 0.406. The predicted molar refractivity (Wildman–Crippen MR) is 122 cm³/mol. The van der Waals surface area contributed by atoms with E-state index in [1.165, 1.54) is 0 Å². The van der Waals surface area contributed by atoms with Gasteiger partial charge >= 0.3 is 0 Å². The van der Waals surface area contributed by atoms with Crippen LogP contribution in [-0.4, -0.2) is 12.2 Å². The first-order valence-electron chi connectivity index (χ1n) is 9.75. The van der Waals surface area contributed by atoms with Gasteiger partial charge in [-0.1, -0.05) is 11.6 Å². The van der Waals surface area contributed by atoms with Crippen molar-refractivity contribution in [3.05, 3.63) is 71.8 Å². The van der Waals surface area contributed by atoms with Gasteiger partial charge in [0.1, 0.15) is 11.5 Å². The molecule has 0 aliphatic rings. The van der Waals surface area contributed by atoms with Crippen molar-refractivity contribution in [3.63, 3.8) is 0 Å². The molecule has 29 heavy (non-hydrogen) atoms. The van der Waals surface area contributed by atoms with Crippen molar-refractivity contribution in [2.45, 2.75) is 39.9 Å². The van der Waals surface area contributed by atoms with E-state index in [2.05, 4.69) is 10.6 Å². The van der Waals surface area contributed by atoms with Gasteiger partial charge in [-0.2, -0.15) is 0 Å². The number of hydrogen-bond acceptors (Lipinski definition) is 4. The molecule has 2 N–H and O–H groups in total. The van der Waals surface area contributed by atoms with E-state index < -0.39 is 0 Å². The Morgan fingerprint density at radius 1 is 0.586 bits per heavy atom. The van der Waals surface area contributed by atoms with Crippen LogP contribution >= 0.6 is 11.6 Å². The van der Waals surface area contributed by atoms with Crippen molar-refractivity contribution >= 4 is 34.4 Å². The number of nitrogens with one attached hydrogen (secondary N) is 2. The highest BCUT2D eigenvalue weighted by Crippen LogP contribution is 2.29. The average Bonchev–Trinajstić information content (AvgIpc) is 2.64. The summed E-state index contributed by atoms with van der Waals surface area (Å²) in [7, 11) is 0. The molecule has 0 saturated heterocycles. The zero-order valence-electron chi connectivity index (χ0n) is 17.2. The molecule has 0 heterocycles. The molecule has 5 heteroatoms. The SMILES string of the molecule is CC(C)Oc1ccc(Nc2cc(Cl)cc(Nc3ccc(OC(C)C)cc3)c2)cc1. The summed E-state index contributed by atoms with van der Waals surface area (Å²) in [6, 6.07) is 21.6. The minimum atomic E-state index is 0.154. The Hall–Kier alpha value is -2.85. The lowest BCUT2D eigenvalue weighted by molar-refractivity contribution is 0.242. The van der Waals surface area contributed by atoms with Gasteiger partial charge in [-0.15, -0.1) is 0 Å². The van der Waals surface area contributed by atoms with Crippen LogP contribution in [-0.2, 0) is 0 Å². The Morgan fingerprint density at radius 3 is 1.31 bits per heavy atom. The molecule has 3 aromatic rings. The number of ether oxygens (including phenoxy) is 2. The second-order valence-electron chi connectivity index (χ2n) is 7.36. The van der Waals surface area contributed by atoms with E-state index in [0.717, 1.165) is 34.2 Å². The van der Waals surface area contributed by atoms with Crippen LogP contribution in [0.1, 0.15) is 27.7 Å². The summed E-state index contributed by atoms with van der Waals surface area (Å²) in [6.45, 7) is 8.05. The van der Waals surface area contributed by atoms with E-state index >= 15 is 0 Å². The van der Waals surface area contributed by atoms with E-state index in [1.807, 2.05) is 94.4 Å². The topological polar surface area (TPSA) is 42.5 Å². The molecule has 0 saturated carbocycles. The first kappa shape index (κ1) is 20.9. The van der Waals surface area contributed by atoms with Gasteiger partial charge in [-0.25, -0.2) is 0 Å². The fourth-order valence-electron chi connectivity index (χ4n) is 2.85. The number of halogens is 1. The van der Waals surface area contributed by atoms with Crippen molar-refractivity contribution < 1.29 is 9.47 Å². The molecule has 0 radical (unpaired) electrons. The maximum absolute atomic E-state index is 6.33. The Labute approximate surface area is 177 Å². The molecule has 0 amide bonds. The second kappa shape index (κ2) is 9.57. The molecule has 152 valence electrons. The molecule has 0 aliphatic heterocycles. The highest BCUT2D eigenvalue weighted by Gasteiger charge is 2.04. The third-order valence-corrected chi connectivity index (χ3v) is 4.15. The number of hydrogen-bond donors (Lipinski definition) is 2. The predicted octanol–water partition coefficient (Wildman–Crippen LogP) is 7.40. The van der Waals surface area contributed by atoms with Crippen LogP contribution in [0.2, 0.25) is 5.02 Å². The van der Waals surface area contributed by atoms with Gasteiger partial charge in [0.05, 0.1) is 12.2 Å². The summed E-state index contributed by atoms with van der Waals surface area (Å²) in [5.74, 6) is 1.70. The van der Waals surface area contributed by atoms with Gasteiger partial charge in [-0.3, -0.25) is 0 Å². The van der Waals surface area contributed by atoms with Crippen molar-refractivity contribution in [3.8, 4) is 11.5 Å². The fraction of sp³-hybridized carbons (Fsp3) is 0.250. The number of rotatable bonds is 8. The zero-order valence-corrected chi connectivity index (χ0v) is 18.0. The van der Waals surface area contributed by atoms with Crippen LogP contribution in [0.25, 0.3) is 0 Å². The lowest BCUT2D eigenvalue weighted by Gasteiger charge is -2.14. The van der Waals surface area contributed by atoms with Gasteiger partial charge in [0.25, 0.3) is 0 Å². The maximum Gasteiger partial charge on any atom is 0.119 e. The molecule has 3 aromatic carbocycles. The molecule has 0 bridgehead atoms. The summed E-state index contributed by atoms with van der Waals surface area (Å²) >= 11 is 6.33. The van der Waals surface area contributed by atoms with Crippen molar-refractivity contribution in [1.82, 2.24) is 0 Å². The third-order valence-electron chi connectivity index (χ3n) is 3.93. The van der Waals surface area contributed by atoms with E-state index in [-0.39, 0.29) is 12.2 Å². The third kappa shape index (κ3) is 6.61. The van der Waals surface area contributed by atoms with Crippen LogP contribution in [0.4, 0.5) is 22.7 Å². The standard InChI is InChI=1S/C24H27ClN2O2/c1-16(2)28-23-9-5-19(6-10-23)26-21-13-18(25)14-22(15-21)27-20-7-11-24(12-8-20)29-17(3)4/h5-17,26-27H,1-4H3. The Kier molecular flexibility index (Phi) is 6.89. The van der Waals surface area contributed by atoms with Crippen LogP contribution in [0.3, 0.4) is 0 Å². The lowest BCUT2D eigenvalue weighted by atomic mass is 10.2. The smallest absolute Gasteiger partial charge is 0.119 e. The van der Waals surface area contributed by atoms with Gasteiger partial charge in [-0.05, 0) is 94.4 Å². The summed E-state index contributed by atoms with van der Waals surface area (Å²) < 4.78 is 11.4. The second-order valence-corrected chi connectivity index (χ2v) is 7.80. The van der Waals surface area contributed by atoms with E-state index in [0.29, 0.717) is 5.02 Å². The molecule has 0 spiro atoms. The van der Waals surface area contributed by atoms with Crippen LogP contribution in [0, 0.1) is 0 Å². The summed E-state index contributed by atoms with van der Waals surface area (Å²) in [5, 5.41) is 7.41. The molecule has 3 rings (SSSR count). The molecule has 0 aliphatic carbocycles. The minimum Gasteiger partial charge on any atom is -0.491 e. The van der Waals surface area contributed by atoms with Gasteiger partial charge in [0, 0.05) is 27.8 Å². The molecular formula is C24H27ClN2O2. The lowest BCUT2D eigenvalue weighted by Crippen LogP contribution is -2.05. The van der Waals surface area contributed by atoms with Crippen molar-refractivity contribution in [2.75, 3.05) is 10.6 Å². The highest BCUT2D eigenvalue weighted by atomic mass is 35.5. The van der Waals surface area contributed by atoms with Gasteiger partial charge in [0.2, 0.25) is 0 Å². The average molecular weight is 411 g/mol. The Morgan fingerprint density at radius 2 is 0.966 bits per heavy atom. The zero-order chi connectivity index (χ0) is 20.8. The fourth-order valence-corrected chi connectivity index (χ4v) is 3.08. The van der Waals surface area contributed by atoms with E-state index in [4.69, 9.17) is 21.1 Å². The summed E-state index contributed by atoms with van der Waals surface area (Å²) in [4.78, 5) is 0. The van der Waals surface area contributed by atoms with E-state index in [9.17, 15) is 0 Å². The summed E-state index contributed by atoms with van der Waals surface area (Å²) in [6.07, 6.45) is 0.308. The monoisotopic (exact) mass is 410 g/mol. The Bertz CT molecular complexity index is 849. The molecule has 0 atom stereocenters. The normalized spacial score (nSPS) is 10.9. The van der Waals surface area contributed by atoms with E-state index in [1.54, 1.807) is 0 Å².